The number of hydrogen-bond donors (Lipinski definition) is 0. The molecule has 1 unspecified atom stereocenters. The van der Waals surface area contributed by atoms with Crippen LogP contribution in [-0.2, 0) is 21.4 Å². The van der Waals surface area contributed by atoms with Gasteiger partial charge in [0, 0.05) is 25.5 Å². The minimum atomic E-state index is -3.60. The number of amides is 1. The lowest BCUT2D eigenvalue weighted by Crippen LogP contribution is -2.46. The lowest BCUT2D eigenvalue weighted by atomic mass is 9.98. The van der Waals surface area contributed by atoms with Crippen LogP contribution in [0.1, 0.15) is 24.0 Å². The number of nitrogens with zero attached hydrogens (tertiary/aromatic N) is 4. The molecule has 4 aromatic rings. The number of hydrogen-bond acceptors (Lipinski definition) is 7. The summed E-state index contributed by atoms with van der Waals surface area (Å²) in [6.07, 6.45) is 4.72. The molecule has 0 bridgehead atoms. The molecule has 1 fully saturated rings. The molecule has 0 aliphatic carbocycles. The fourth-order valence-corrected chi connectivity index (χ4v) is 7.94. The zero-order chi connectivity index (χ0) is 23.7. The van der Waals surface area contributed by atoms with Gasteiger partial charge in [0.1, 0.15) is 4.21 Å². The largest absolute Gasteiger partial charge is 0.283 e. The van der Waals surface area contributed by atoms with E-state index in [1.54, 1.807) is 34.8 Å². The number of para-hydroxylation sites is 1. The van der Waals surface area contributed by atoms with Crippen molar-refractivity contribution in [1.29, 1.82) is 0 Å². The van der Waals surface area contributed by atoms with E-state index < -0.39 is 15.9 Å². The number of carbonyl (C=O) groups excluding carboxylic acids is 1. The number of piperidine rings is 1. The van der Waals surface area contributed by atoms with Gasteiger partial charge in [0.25, 0.3) is 10.0 Å². The monoisotopic (exact) mass is 512 g/mol. The van der Waals surface area contributed by atoms with Gasteiger partial charge in [-0.3, -0.25) is 14.7 Å². The van der Waals surface area contributed by atoms with Gasteiger partial charge >= 0.3 is 0 Å². The van der Waals surface area contributed by atoms with Crippen molar-refractivity contribution in [3.05, 3.63) is 71.4 Å². The number of thiophene rings is 1. The highest BCUT2D eigenvalue weighted by molar-refractivity contribution is 7.91. The minimum Gasteiger partial charge on any atom is -0.283 e. The second-order valence-corrected chi connectivity index (χ2v) is 12.5. The van der Waals surface area contributed by atoms with Crippen molar-refractivity contribution >= 4 is 54.0 Å². The van der Waals surface area contributed by atoms with Crippen molar-refractivity contribution in [1.82, 2.24) is 14.3 Å². The summed E-state index contributed by atoms with van der Waals surface area (Å²) < 4.78 is 29.0. The van der Waals surface area contributed by atoms with Crippen LogP contribution in [0.5, 0.6) is 0 Å². The summed E-state index contributed by atoms with van der Waals surface area (Å²) in [5.41, 5.74) is 2.84. The Bertz CT molecular complexity index is 1400. The van der Waals surface area contributed by atoms with Crippen molar-refractivity contribution < 1.29 is 13.2 Å². The highest BCUT2D eigenvalue weighted by Gasteiger charge is 2.36. The molecule has 1 aliphatic rings. The Morgan fingerprint density at radius 1 is 1.21 bits per heavy atom. The second-order valence-electron chi connectivity index (χ2n) is 8.34. The van der Waals surface area contributed by atoms with E-state index in [1.807, 2.05) is 37.3 Å². The van der Waals surface area contributed by atoms with Gasteiger partial charge in [-0.15, -0.1) is 11.3 Å². The van der Waals surface area contributed by atoms with E-state index in [1.165, 1.54) is 27.0 Å². The number of benzene rings is 1. The summed E-state index contributed by atoms with van der Waals surface area (Å²) in [6.45, 7) is 2.94. The molecule has 1 aliphatic heterocycles. The van der Waals surface area contributed by atoms with Crippen molar-refractivity contribution in [3.63, 3.8) is 0 Å². The minimum absolute atomic E-state index is 0.105. The third kappa shape index (κ3) is 4.50. The van der Waals surface area contributed by atoms with Crippen molar-refractivity contribution in [2.24, 2.45) is 5.92 Å². The number of rotatable bonds is 6. The smallest absolute Gasteiger partial charge is 0.252 e. The van der Waals surface area contributed by atoms with E-state index in [2.05, 4.69) is 4.98 Å². The molecule has 10 heteroatoms. The first-order valence-electron chi connectivity index (χ1n) is 11.0. The summed E-state index contributed by atoms with van der Waals surface area (Å²) in [5.74, 6) is -0.542. The Hall–Kier alpha value is -2.66. The Kier molecular flexibility index (Phi) is 6.48. The molecule has 1 amide bonds. The molecule has 176 valence electrons. The molecule has 4 heterocycles. The Balaban J connectivity index is 1.46. The first kappa shape index (κ1) is 23.1. The second kappa shape index (κ2) is 9.53. The summed E-state index contributed by atoms with van der Waals surface area (Å²) in [4.78, 5) is 24.6. The molecule has 34 heavy (non-hydrogen) atoms. The molecule has 7 nitrogen and oxygen atoms in total. The maximum absolute atomic E-state index is 13.9. The first-order chi connectivity index (χ1) is 16.4. The lowest BCUT2D eigenvalue weighted by molar-refractivity contribution is -0.123. The molecule has 0 radical (unpaired) electrons. The van der Waals surface area contributed by atoms with Crippen LogP contribution >= 0.6 is 22.7 Å². The number of anilines is 1. The van der Waals surface area contributed by atoms with Gasteiger partial charge in [0.2, 0.25) is 5.91 Å². The molecule has 0 N–H and O–H groups in total. The van der Waals surface area contributed by atoms with E-state index >= 15 is 0 Å². The van der Waals surface area contributed by atoms with Crippen LogP contribution in [0.25, 0.3) is 10.2 Å². The molecule has 5 rings (SSSR count). The normalized spacial score (nSPS) is 17.1. The number of carbonyl (C=O) groups is 1. The van der Waals surface area contributed by atoms with E-state index in [0.717, 1.165) is 21.3 Å². The van der Waals surface area contributed by atoms with Crippen LogP contribution in [0, 0.1) is 12.8 Å². The molecular weight excluding hydrogens is 488 g/mol. The van der Waals surface area contributed by atoms with E-state index in [0.29, 0.717) is 35.3 Å². The number of aromatic nitrogens is 2. The van der Waals surface area contributed by atoms with Crippen LogP contribution < -0.4 is 4.90 Å². The van der Waals surface area contributed by atoms with Crippen molar-refractivity contribution in [2.45, 2.75) is 30.5 Å². The van der Waals surface area contributed by atoms with Crippen LogP contribution in [0.3, 0.4) is 0 Å². The Morgan fingerprint density at radius 2 is 2.09 bits per heavy atom. The summed E-state index contributed by atoms with van der Waals surface area (Å²) in [5, 5.41) is 2.38. The van der Waals surface area contributed by atoms with E-state index in [4.69, 9.17) is 4.98 Å². The Morgan fingerprint density at radius 3 is 2.82 bits per heavy atom. The highest BCUT2D eigenvalue weighted by Crippen LogP contribution is 2.34. The van der Waals surface area contributed by atoms with Gasteiger partial charge in [0.15, 0.2) is 5.13 Å². The molecular formula is C24H24N4O3S3. The fraction of sp³-hybridized carbons (Fsp3) is 0.292. The molecule has 3 aromatic heterocycles. The third-order valence-electron chi connectivity index (χ3n) is 5.99. The van der Waals surface area contributed by atoms with Crippen LogP contribution in [0.4, 0.5) is 5.13 Å². The third-order valence-corrected chi connectivity index (χ3v) is 10.3. The van der Waals surface area contributed by atoms with Gasteiger partial charge in [-0.1, -0.05) is 35.6 Å². The Labute approximate surface area is 206 Å². The molecule has 0 spiro atoms. The number of fused-ring (bicyclic) bond motifs is 1. The van der Waals surface area contributed by atoms with Gasteiger partial charge in [0.05, 0.1) is 22.7 Å². The zero-order valence-corrected chi connectivity index (χ0v) is 21.1. The number of pyridine rings is 1. The fourth-order valence-electron chi connectivity index (χ4n) is 4.22. The van der Waals surface area contributed by atoms with Crippen molar-refractivity contribution in [3.8, 4) is 0 Å². The summed E-state index contributed by atoms with van der Waals surface area (Å²) >= 11 is 2.68. The standard InChI is InChI=1S/C24H24N4O3S3/c1-17-6-2-9-20-22(17)26-24(33-20)28(15-18-7-3-11-25-14-18)23(29)19-8-4-12-27(16-19)34(30,31)21-10-5-13-32-21/h2-3,5-7,9-11,13-14,19H,4,8,12,15-16H2,1H3. The van der Waals surface area contributed by atoms with Gasteiger partial charge in [-0.2, -0.15) is 4.31 Å². The van der Waals surface area contributed by atoms with Gasteiger partial charge in [-0.25, -0.2) is 13.4 Å². The van der Waals surface area contributed by atoms with E-state index in [9.17, 15) is 13.2 Å². The quantitative estimate of drug-likeness (QED) is 0.374. The average Bonchev–Trinajstić information content (AvgIpc) is 3.54. The van der Waals surface area contributed by atoms with Crippen LogP contribution in [-0.4, -0.2) is 41.7 Å². The topological polar surface area (TPSA) is 83.5 Å². The maximum atomic E-state index is 13.9. The molecule has 1 atom stereocenters. The number of aryl methyl sites for hydroxylation is 1. The predicted molar refractivity (Wildman–Crippen MR) is 136 cm³/mol. The summed E-state index contributed by atoms with van der Waals surface area (Å²) in [6, 6.07) is 13.1. The van der Waals surface area contributed by atoms with Crippen LogP contribution in [0.15, 0.2) is 64.4 Å². The lowest BCUT2D eigenvalue weighted by Gasteiger charge is -2.33. The SMILES string of the molecule is Cc1cccc2sc(N(Cc3cccnc3)C(=O)C3CCCN(S(=O)(=O)c4cccs4)C3)nc12. The molecule has 1 saturated heterocycles. The zero-order valence-electron chi connectivity index (χ0n) is 18.6. The molecule has 1 aromatic carbocycles. The first-order valence-corrected chi connectivity index (χ1v) is 14.2. The number of thiazole rings is 1. The van der Waals surface area contributed by atoms with Crippen molar-refractivity contribution in [2.75, 3.05) is 18.0 Å². The van der Waals surface area contributed by atoms with Gasteiger partial charge in [-0.05, 0) is 54.5 Å². The number of sulfonamides is 1. The highest BCUT2D eigenvalue weighted by atomic mass is 32.2. The predicted octanol–water partition coefficient (Wildman–Crippen LogP) is 4.70. The molecule has 0 saturated carbocycles. The average molecular weight is 513 g/mol. The van der Waals surface area contributed by atoms with E-state index in [-0.39, 0.29) is 12.5 Å². The van der Waals surface area contributed by atoms with Gasteiger partial charge < -0.3 is 0 Å². The summed E-state index contributed by atoms with van der Waals surface area (Å²) in [7, 11) is -3.60. The van der Waals surface area contributed by atoms with Crippen LogP contribution in [0.2, 0.25) is 0 Å². The maximum Gasteiger partial charge on any atom is 0.252 e.